The van der Waals surface area contributed by atoms with Crippen LogP contribution in [-0.2, 0) is 0 Å². The highest BCUT2D eigenvalue weighted by molar-refractivity contribution is 5.50. The van der Waals surface area contributed by atoms with Crippen molar-refractivity contribution in [3.8, 4) is 0 Å². The fourth-order valence-electron chi connectivity index (χ4n) is 0.816. The van der Waals surface area contributed by atoms with Crippen molar-refractivity contribution < 1.29 is 0 Å². The maximum Gasteiger partial charge on any atom is -0.0233 e. The second kappa shape index (κ2) is 3.89. The van der Waals surface area contributed by atoms with Crippen molar-refractivity contribution >= 4 is 6.08 Å². The van der Waals surface area contributed by atoms with Crippen molar-refractivity contribution in [3.05, 3.63) is 49.4 Å². The fourth-order valence-corrected chi connectivity index (χ4v) is 0.816. The molecule has 0 aromatic heterocycles. The Morgan fingerprint density at radius 1 is 1.30 bits per heavy atom. The van der Waals surface area contributed by atoms with Crippen molar-refractivity contribution in [2.45, 2.75) is 6.92 Å². The summed E-state index contributed by atoms with van der Waals surface area (Å²) in [7, 11) is 0. The third-order valence-electron chi connectivity index (χ3n) is 1.41. The van der Waals surface area contributed by atoms with Gasteiger partial charge in [-0.15, -0.1) is 0 Å². The van der Waals surface area contributed by atoms with Crippen LogP contribution in [0.3, 0.4) is 0 Å². The zero-order chi connectivity index (χ0) is 6.69. The predicted molar refractivity (Wildman–Crippen MR) is 45.6 cm³/mol. The molecule has 0 heteroatoms. The van der Waals surface area contributed by atoms with E-state index in [0.717, 1.165) is 0 Å². The van der Waals surface area contributed by atoms with E-state index in [1.807, 2.05) is 18.2 Å². The Labute approximate surface area is 63.2 Å². The van der Waals surface area contributed by atoms with Crippen LogP contribution in [0.15, 0.2) is 30.8 Å². The second-order valence-electron chi connectivity index (χ2n) is 2.06. The average Bonchev–Trinajstić information content (AvgIpc) is 1.89. The minimum atomic E-state index is 0. The van der Waals surface area contributed by atoms with Crippen LogP contribution in [0.4, 0.5) is 0 Å². The molecule has 0 fully saturated rings. The topological polar surface area (TPSA) is 0 Å². The SMILES string of the molecule is C=Cc1ccccc1C.[CH]. The van der Waals surface area contributed by atoms with Crippen LogP contribution in [0.1, 0.15) is 11.1 Å². The lowest BCUT2D eigenvalue weighted by Crippen LogP contribution is -1.75. The van der Waals surface area contributed by atoms with Gasteiger partial charge in [-0.25, -0.2) is 0 Å². The number of rotatable bonds is 1. The quantitative estimate of drug-likeness (QED) is 0.549. The van der Waals surface area contributed by atoms with Crippen LogP contribution >= 0.6 is 0 Å². The van der Waals surface area contributed by atoms with Crippen molar-refractivity contribution in [3.63, 3.8) is 0 Å². The van der Waals surface area contributed by atoms with Gasteiger partial charge in [0.2, 0.25) is 0 Å². The van der Waals surface area contributed by atoms with E-state index in [1.165, 1.54) is 11.1 Å². The first-order chi connectivity index (χ1) is 4.34. The Bertz CT molecular complexity index is 211. The summed E-state index contributed by atoms with van der Waals surface area (Å²) >= 11 is 0. The molecule has 51 valence electrons. The molecule has 0 amide bonds. The van der Waals surface area contributed by atoms with Gasteiger partial charge in [-0.2, -0.15) is 0 Å². The molecular weight excluding hydrogens is 120 g/mol. The smallest absolute Gasteiger partial charge is 0.0233 e. The Hall–Kier alpha value is -1.04. The molecule has 0 unspecified atom stereocenters. The highest BCUT2D eigenvalue weighted by atomic mass is 13.9. The first kappa shape index (κ1) is 8.96. The molecule has 0 bridgehead atoms. The maximum absolute atomic E-state index is 3.69. The summed E-state index contributed by atoms with van der Waals surface area (Å²) in [6, 6.07) is 8.19. The lowest BCUT2D eigenvalue weighted by Gasteiger charge is -1.95. The molecule has 1 aromatic carbocycles. The number of hydrogen-bond acceptors (Lipinski definition) is 0. The molecular formula is C10H11. The molecule has 0 atom stereocenters. The van der Waals surface area contributed by atoms with Gasteiger partial charge >= 0.3 is 0 Å². The lowest BCUT2D eigenvalue weighted by molar-refractivity contribution is 1.45. The molecule has 0 spiro atoms. The van der Waals surface area contributed by atoms with Gasteiger partial charge in [0.15, 0.2) is 0 Å². The summed E-state index contributed by atoms with van der Waals surface area (Å²) in [5, 5.41) is 0. The van der Waals surface area contributed by atoms with Crippen LogP contribution in [0.2, 0.25) is 0 Å². The standard InChI is InChI=1S/C9H10.CH/c1-3-9-7-5-4-6-8(9)2;/h3-7H,1H2,2H3;1H. The van der Waals surface area contributed by atoms with Crippen LogP contribution in [0.25, 0.3) is 6.08 Å². The molecule has 0 saturated heterocycles. The van der Waals surface area contributed by atoms with Crippen molar-refractivity contribution in [1.29, 1.82) is 0 Å². The van der Waals surface area contributed by atoms with E-state index in [0.29, 0.717) is 0 Å². The highest BCUT2D eigenvalue weighted by Gasteiger charge is 1.86. The molecule has 10 heavy (non-hydrogen) atoms. The van der Waals surface area contributed by atoms with Crippen LogP contribution < -0.4 is 0 Å². The second-order valence-corrected chi connectivity index (χ2v) is 2.06. The molecule has 0 aliphatic rings. The zero-order valence-electron chi connectivity index (χ0n) is 6.17. The number of benzene rings is 1. The van der Waals surface area contributed by atoms with E-state index in [1.54, 1.807) is 0 Å². The summed E-state index contributed by atoms with van der Waals surface area (Å²) in [5.41, 5.74) is 2.50. The third-order valence-corrected chi connectivity index (χ3v) is 1.41. The lowest BCUT2D eigenvalue weighted by atomic mass is 10.1. The Balaban J connectivity index is 0.000000810. The first-order valence-electron chi connectivity index (χ1n) is 3.02. The van der Waals surface area contributed by atoms with Gasteiger partial charge in [-0.3, -0.25) is 0 Å². The van der Waals surface area contributed by atoms with E-state index in [2.05, 4.69) is 25.6 Å². The third kappa shape index (κ3) is 1.73. The molecule has 0 N–H and O–H groups in total. The van der Waals surface area contributed by atoms with E-state index in [9.17, 15) is 0 Å². The highest BCUT2D eigenvalue weighted by Crippen LogP contribution is 2.06. The fraction of sp³-hybridized carbons (Fsp3) is 0.100. The molecule has 1 rings (SSSR count). The summed E-state index contributed by atoms with van der Waals surface area (Å²) in [6.07, 6.45) is 1.87. The van der Waals surface area contributed by atoms with Gasteiger partial charge in [-0.1, -0.05) is 36.9 Å². The van der Waals surface area contributed by atoms with Gasteiger partial charge in [0, 0.05) is 0 Å². The Kier molecular flexibility index (Phi) is 3.48. The summed E-state index contributed by atoms with van der Waals surface area (Å²) in [5.74, 6) is 0. The molecule has 0 aliphatic carbocycles. The van der Waals surface area contributed by atoms with Crippen molar-refractivity contribution in [1.82, 2.24) is 0 Å². The molecule has 3 radical (unpaired) electrons. The summed E-state index contributed by atoms with van der Waals surface area (Å²) < 4.78 is 0. The minimum Gasteiger partial charge on any atom is -0.0985 e. The van der Waals surface area contributed by atoms with Crippen LogP contribution in [-0.4, -0.2) is 0 Å². The normalized spacial score (nSPS) is 8.10. The van der Waals surface area contributed by atoms with E-state index >= 15 is 0 Å². The van der Waals surface area contributed by atoms with Crippen molar-refractivity contribution in [2.24, 2.45) is 0 Å². The summed E-state index contributed by atoms with van der Waals surface area (Å²) in [6.45, 7) is 5.77. The maximum atomic E-state index is 3.69. The van der Waals surface area contributed by atoms with Gasteiger partial charge < -0.3 is 0 Å². The van der Waals surface area contributed by atoms with Gasteiger partial charge in [-0.05, 0) is 25.5 Å². The average molecular weight is 131 g/mol. The van der Waals surface area contributed by atoms with Gasteiger partial charge in [0.25, 0.3) is 0 Å². The molecule has 1 aromatic rings. The monoisotopic (exact) mass is 131 g/mol. The van der Waals surface area contributed by atoms with E-state index < -0.39 is 0 Å². The molecule has 0 nitrogen and oxygen atoms in total. The largest absolute Gasteiger partial charge is 0.0985 e. The Morgan fingerprint density at radius 3 is 2.30 bits per heavy atom. The summed E-state index contributed by atoms with van der Waals surface area (Å²) in [4.78, 5) is 0. The van der Waals surface area contributed by atoms with E-state index in [4.69, 9.17) is 0 Å². The molecule has 0 aliphatic heterocycles. The predicted octanol–water partition coefficient (Wildman–Crippen LogP) is 2.84. The van der Waals surface area contributed by atoms with Crippen LogP contribution in [0, 0.1) is 14.4 Å². The first-order valence-corrected chi connectivity index (χ1v) is 3.02. The number of hydrogen-bond donors (Lipinski definition) is 0. The molecule has 0 heterocycles. The minimum absolute atomic E-state index is 0. The van der Waals surface area contributed by atoms with Crippen LogP contribution in [0.5, 0.6) is 0 Å². The van der Waals surface area contributed by atoms with Gasteiger partial charge in [0.1, 0.15) is 0 Å². The van der Waals surface area contributed by atoms with E-state index in [-0.39, 0.29) is 7.43 Å². The number of aryl methyl sites for hydroxylation is 1. The van der Waals surface area contributed by atoms with Crippen molar-refractivity contribution in [2.75, 3.05) is 0 Å². The zero-order valence-corrected chi connectivity index (χ0v) is 6.17. The van der Waals surface area contributed by atoms with Gasteiger partial charge in [0.05, 0.1) is 0 Å². The molecule has 0 saturated carbocycles. The Morgan fingerprint density at radius 2 is 1.90 bits per heavy atom.